The molecule has 1 fully saturated rings. The molecule has 1 aliphatic heterocycles. The Morgan fingerprint density at radius 3 is 2.75 bits per heavy atom. The monoisotopic (exact) mass is 277 g/mol. The average molecular weight is 277 g/mol. The third-order valence-corrected chi connectivity index (χ3v) is 3.11. The first kappa shape index (κ1) is 14.5. The van der Waals surface area contributed by atoms with E-state index >= 15 is 0 Å². The molecule has 1 heterocycles. The fraction of sp³-hybridized carbons (Fsp3) is 0.429. The first-order valence-corrected chi connectivity index (χ1v) is 6.61. The molecule has 0 aromatic heterocycles. The lowest BCUT2D eigenvalue weighted by Gasteiger charge is -2.25. The first-order chi connectivity index (χ1) is 9.69. The predicted molar refractivity (Wildman–Crippen MR) is 75.7 cm³/mol. The Morgan fingerprint density at radius 1 is 1.30 bits per heavy atom. The lowest BCUT2D eigenvalue weighted by molar-refractivity contribution is -0.118. The molecule has 1 aromatic carbocycles. The highest BCUT2D eigenvalue weighted by molar-refractivity contribution is 5.97. The Labute approximate surface area is 118 Å². The van der Waals surface area contributed by atoms with Gasteiger partial charge >= 0.3 is 0 Å². The molecule has 6 heteroatoms. The molecule has 2 amide bonds. The number of morpholine rings is 1. The Balaban J connectivity index is 1.91. The van der Waals surface area contributed by atoms with Crippen LogP contribution in [-0.2, 0) is 9.53 Å². The maximum Gasteiger partial charge on any atom is 0.251 e. The highest BCUT2D eigenvalue weighted by atomic mass is 16.5. The SMILES string of the molecule is CNC(=O)c1cccc(NC(=O)CN2CCOCC2)c1. The summed E-state index contributed by atoms with van der Waals surface area (Å²) in [5, 5.41) is 5.36. The summed E-state index contributed by atoms with van der Waals surface area (Å²) in [5.74, 6) is -0.254. The summed E-state index contributed by atoms with van der Waals surface area (Å²) >= 11 is 0. The largest absolute Gasteiger partial charge is 0.379 e. The van der Waals surface area contributed by atoms with Gasteiger partial charge in [-0.15, -0.1) is 0 Å². The summed E-state index contributed by atoms with van der Waals surface area (Å²) in [4.78, 5) is 25.5. The van der Waals surface area contributed by atoms with Crippen molar-refractivity contribution in [3.05, 3.63) is 29.8 Å². The van der Waals surface area contributed by atoms with Crippen LogP contribution in [0, 0.1) is 0 Å². The number of rotatable bonds is 4. The minimum absolute atomic E-state index is 0.0824. The maximum atomic E-state index is 11.9. The zero-order valence-electron chi connectivity index (χ0n) is 11.5. The predicted octanol–water partition coefficient (Wildman–Crippen LogP) is 0.317. The number of benzene rings is 1. The average Bonchev–Trinajstić information content (AvgIpc) is 2.47. The van der Waals surface area contributed by atoms with Crippen LogP contribution in [0.3, 0.4) is 0 Å². The van der Waals surface area contributed by atoms with E-state index in [0.717, 1.165) is 13.1 Å². The van der Waals surface area contributed by atoms with Crippen molar-refractivity contribution in [1.82, 2.24) is 10.2 Å². The van der Waals surface area contributed by atoms with E-state index in [-0.39, 0.29) is 11.8 Å². The first-order valence-electron chi connectivity index (χ1n) is 6.61. The van der Waals surface area contributed by atoms with Gasteiger partial charge in [0.1, 0.15) is 0 Å². The van der Waals surface area contributed by atoms with Crippen molar-refractivity contribution in [3.63, 3.8) is 0 Å². The third kappa shape index (κ3) is 4.04. The number of hydrogen-bond donors (Lipinski definition) is 2. The number of hydrogen-bond acceptors (Lipinski definition) is 4. The van der Waals surface area contributed by atoms with Gasteiger partial charge in [0.2, 0.25) is 5.91 Å². The van der Waals surface area contributed by atoms with Gasteiger partial charge in [0, 0.05) is 31.4 Å². The van der Waals surface area contributed by atoms with Gasteiger partial charge in [-0.05, 0) is 18.2 Å². The molecule has 1 aliphatic rings. The van der Waals surface area contributed by atoms with Crippen molar-refractivity contribution in [2.24, 2.45) is 0 Å². The van der Waals surface area contributed by atoms with Gasteiger partial charge in [0.15, 0.2) is 0 Å². The Kier molecular flexibility index (Phi) is 5.09. The number of amides is 2. The quantitative estimate of drug-likeness (QED) is 0.831. The van der Waals surface area contributed by atoms with Crippen LogP contribution in [0.5, 0.6) is 0 Å². The minimum Gasteiger partial charge on any atom is -0.379 e. The van der Waals surface area contributed by atoms with E-state index in [4.69, 9.17) is 4.74 Å². The van der Waals surface area contributed by atoms with Gasteiger partial charge in [-0.1, -0.05) is 6.07 Å². The molecule has 2 N–H and O–H groups in total. The Hall–Kier alpha value is -1.92. The summed E-state index contributed by atoms with van der Waals surface area (Å²) in [6, 6.07) is 6.88. The number of carbonyl (C=O) groups is 2. The second kappa shape index (κ2) is 7.02. The molecule has 1 aromatic rings. The van der Waals surface area contributed by atoms with E-state index in [0.29, 0.717) is 31.0 Å². The Bertz CT molecular complexity index is 484. The standard InChI is InChI=1S/C14H19N3O3/c1-15-14(19)11-3-2-4-12(9-11)16-13(18)10-17-5-7-20-8-6-17/h2-4,9H,5-8,10H2,1H3,(H,15,19)(H,16,18). The molecule has 0 unspecified atom stereocenters. The van der Waals surface area contributed by atoms with Crippen LogP contribution in [0.15, 0.2) is 24.3 Å². The summed E-state index contributed by atoms with van der Waals surface area (Å²) in [6.45, 7) is 3.21. The van der Waals surface area contributed by atoms with Crippen molar-refractivity contribution in [2.75, 3.05) is 45.2 Å². The molecule has 0 radical (unpaired) electrons. The molecule has 1 saturated heterocycles. The highest BCUT2D eigenvalue weighted by Crippen LogP contribution is 2.10. The van der Waals surface area contributed by atoms with E-state index in [1.807, 2.05) is 4.90 Å². The molecule has 2 rings (SSSR count). The summed E-state index contributed by atoms with van der Waals surface area (Å²) in [7, 11) is 1.58. The molecule has 0 bridgehead atoms. The van der Waals surface area contributed by atoms with Crippen LogP contribution in [-0.4, -0.2) is 56.6 Å². The van der Waals surface area contributed by atoms with Crippen LogP contribution < -0.4 is 10.6 Å². The van der Waals surface area contributed by atoms with Crippen molar-refractivity contribution in [1.29, 1.82) is 0 Å². The van der Waals surface area contributed by atoms with Gasteiger partial charge < -0.3 is 15.4 Å². The van der Waals surface area contributed by atoms with Crippen molar-refractivity contribution >= 4 is 17.5 Å². The van der Waals surface area contributed by atoms with Crippen LogP contribution in [0.1, 0.15) is 10.4 Å². The normalized spacial score (nSPS) is 15.7. The second-order valence-electron chi connectivity index (χ2n) is 4.60. The smallest absolute Gasteiger partial charge is 0.251 e. The summed E-state index contributed by atoms with van der Waals surface area (Å²) in [5.41, 5.74) is 1.15. The van der Waals surface area contributed by atoms with E-state index in [1.165, 1.54) is 0 Å². The topological polar surface area (TPSA) is 70.7 Å². The van der Waals surface area contributed by atoms with E-state index < -0.39 is 0 Å². The maximum absolute atomic E-state index is 11.9. The number of nitrogens with zero attached hydrogens (tertiary/aromatic N) is 1. The fourth-order valence-electron chi connectivity index (χ4n) is 2.05. The van der Waals surface area contributed by atoms with E-state index in [2.05, 4.69) is 10.6 Å². The number of anilines is 1. The van der Waals surface area contributed by atoms with Crippen LogP contribution in [0.4, 0.5) is 5.69 Å². The molecule has 0 atom stereocenters. The Morgan fingerprint density at radius 2 is 2.05 bits per heavy atom. The fourth-order valence-corrected chi connectivity index (χ4v) is 2.05. The van der Waals surface area contributed by atoms with Gasteiger partial charge in [-0.2, -0.15) is 0 Å². The van der Waals surface area contributed by atoms with Gasteiger partial charge in [0.25, 0.3) is 5.91 Å². The van der Waals surface area contributed by atoms with Crippen molar-refractivity contribution in [2.45, 2.75) is 0 Å². The molecule has 108 valence electrons. The highest BCUT2D eigenvalue weighted by Gasteiger charge is 2.14. The van der Waals surface area contributed by atoms with E-state index in [1.54, 1.807) is 31.3 Å². The van der Waals surface area contributed by atoms with Crippen LogP contribution in [0.25, 0.3) is 0 Å². The van der Waals surface area contributed by atoms with Gasteiger partial charge in [-0.25, -0.2) is 0 Å². The molecule has 0 saturated carbocycles. The number of carbonyl (C=O) groups excluding carboxylic acids is 2. The van der Waals surface area contributed by atoms with Crippen molar-refractivity contribution in [3.8, 4) is 0 Å². The number of nitrogens with one attached hydrogen (secondary N) is 2. The molecule has 0 aliphatic carbocycles. The summed E-state index contributed by atoms with van der Waals surface area (Å²) in [6.07, 6.45) is 0. The van der Waals surface area contributed by atoms with Crippen molar-refractivity contribution < 1.29 is 14.3 Å². The zero-order valence-corrected chi connectivity index (χ0v) is 11.5. The molecular weight excluding hydrogens is 258 g/mol. The third-order valence-electron chi connectivity index (χ3n) is 3.11. The lowest BCUT2D eigenvalue weighted by atomic mass is 10.2. The van der Waals surface area contributed by atoms with Crippen LogP contribution >= 0.6 is 0 Å². The second-order valence-corrected chi connectivity index (χ2v) is 4.60. The molecular formula is C14H19N3O3. The molecule has 6 nitrogen and oxygen atoms in total. The van der Waals surface area contributed by atoms with Gasteiger partial charge in [-0.3, -0.25) is 14.5 Å². The van der Waals surface area contributed by atoms with Gasteiger partial charge in [0.05, 0.1) is 19.8 Å². The zero-order chi connectivity index (χ0) is 14.4. The summed E-state index contributed by atoms with van der Waals surface area (Å²) < 4.78 is 5.24. The number of ether oxygens (including phenoxy) is 1. The minimum atomic E-state index is -0.172. The lowest BCUT2D eigenvalue weighted by Crippen LogP contribution is -2.41. The molecule has 0 spiro atoms. The van der Waals surface area contributed by atoms with Crippen LogP contribution in [0.2, 0.25) is 0 Å². The van der Waals surface area contributed by atoms with E-state index in [9.17, 15) is 9.59 Å². The molecule has 20 heavy (non-hydrogen) atoms.